The number of carbonyl (C=O) groups excluding carboxylic acids is 1. The number of nitrogen functional groups attached to an aromatic ring is 1. The third kappa shape index (κ3) is 3.15. The molecule has 0 spiro atoms. The number of benzene rings is 1. The number of anilines is 1. The molecule has 10 heteroatoms. The van der Waals surface area contributed by atoms with Crippen molar-refractivity contribution in [2.75, 3.05) is 25.4 Å². The molecule has 1 aromatic rings. The molecule has 2 rings (SSSR count). The van der Waals surface area contributed by atoms with Crippen molar-refractivity contribution in [3.63, 3.8) is 0 Å². The third-order valence-electron chi connectivity index (χ3n) is 3.00. The molecular formula is C11H12BrClFN3O3S. The number of nitrogens with two attached hydrogens (primary N) is 1. The van der Waals surface area contributed by atoms with Crippen LogP contribution < -0.4 is 11.1 Å². The van der Waals surface area contributed by atoms with E-state index in [0.29, 0.717) is 13.0 Å². The van der Waals surface area contributed by atoms with Gasteiger partial charge in [-0.3, -0.25) is 4.79 Å². The maximum atomic E-state index is 14.2. The van der Waals surface area contributed by atoms with Crippen LogP contribution in [0.2, 0.25) is 5.02 Å². The van der Waals surface area contributed by atoms with Crippen LogP contribution in [0.5, 0.6) is 0 Å². The van der Waals surface area contributed by atoms with Crippen LogP contribution >= 0.6 is 27.5 Å². The standard InChI is InChI=1S/C11H12BrClFN3O3S/c12-9-6(13)4-7(10(14)11(9)15)21(19,20)17-3-1-2-16-8(18)5-17/h4H,1-3,5,15H2,(H,16,18). The van der Waals surface area contributed by atoms with Crippen molar-refractivity contribution in [3.05, 3.63) is 21.4 Å². The number of amides is 1. The summed E-state index contributed by atoms with van der Waals surface area (Å²) in [6.07, 6.45) is 0.437. The summed E-state index contributed by atoms with van der Waals surface area (Å²) >= 11 is 8.82. The van der Waals surface area contributed by atoms with E-state index in [2.05, 4.69) is 21.2 Å². The highest BCUT2D eigenvalue weighted by Gasteiger charge is 2.32. The van der Waals surface area contributed by atoms with Crippen molar-refractivity contribution >= 4 is 49.1 Å². The average molecular weight is 401 g/mol. The van der Waals surface area contributed by atoms with Crippen LogP contribution in [0.15, 0.2) is 15.4 Å². The number of nitrogens with zero attached hydrogens (tertiary/aromatic N) is 1. The first-order valence-corrected chi connectivity index (χ1v) is 8.56. The number of sulfonamides is 1. The Hall–Kier alpha value is -0.900. The molecule has 0 radical (unpaired) electrons. The summed E-state index contributed by atoms with van der Waals surface area (Å²) in [6, 6.07) is 0.982. The highest BCUT2D eigenvalue weighted by Crippen LogP contribution is 2.35. The van der Waals surface area contributed by atoms with E-state index in [-0.39, 0.29) is 28.3 Å². The first-order chi connectivity index (χ1) is 9.75. The van der Waals surface area contributed by atoms with Crippen molar-refractivity contribution in [2.24, 2.45) is 0 Å². The predicted molar refractivity (Wildman–Crippen MR) is 79.9 cm³/mol. The Morgan fingerprint density at radius 1 is 1.48 bits per heavy atom. The van der Waals surface area contributed by atoms with E-state index in [9.17, 15) is 17.6 Å². The van der Waals surface area contributed by atoms with Gasteiger partial charge in [0.25, 0.3) is 0 Å². The zero-order valence-electron chi connectivity index (χ0n) is 10.7. The normalized spacial score (nSPS) is 17.4. The summed E-state index contributed by atoms with van der Waals surface area (Å²) in [7, 11) is -4.20. The minimum Gasteiger partial charge on any atom is -0.395 e. The van der Waals surface area contributed by atoms with Gasteiger partial charge in [-0.25, -0.2) is 12.8 Å². The molecule has 0 aliphatic carbocycles. The number of halogens is 3. The molecule has 1 aliphatic heterocycles. The van der Waals surface area contributed by atoms with Gasteiger partial charge in [-0.15, -0.1) is 0 Å². The van der Waals surface area contributed by atoms with Gasteiger partial charge in [-0.2, -0.15) is 4.31 Å². The molecule has 1 amide bonds. The molecule has 1 fully saturated rings. The number of hydrogen-bond donors (Lipinski definition) is 2. The summed E-state index contributed by atoms with van der Waals surface area (Å²) < 4.78 is 40.2. The van der Waals surface area contributed by atoms with Crippen molar-refractivity contribution < 1.29 is 17.6 Å². The zero-order valence-corrected chi connectivity index (χ0v) is 13.9. The van der Waals surface area contributed by atoms with Gasteiger partial charge < -0.3 is 11.1 Å². The molecule has 0 bridgehead atoms. The Bertz CT molecular complexity index is 698. The van der Waals surface area contributed by atoms with E-state index in [0.717, 1.165) is 10.4 Å². The molecule has 0 unspecified atom stereocenters. The number of rotatable bonds is 2. The van der Waals surface area contributed by atoms with E-state index in [1.165, 1.54) is 0 Å². The maximum absolute atomic E-state index is 14.2. The van der Waals surface area contributed by atoms with Gasteiger partial charge in [0.2, 0.25) is 15.9 Å². The summed E-state index contributed by atoms with van der Waals surface area (Å²) in [5, 5.41) is 2.53. The third-order valence-corrected chi connectivity index (χ3v) is 6.23. The molecule has 0 atom stereocenters. The van der Waals surface area contributed by atoms with Crippen LogP contribution in [0.3, 0.4) is 0 Å². The molecule has 1 saturated heterocycles. The molecule has 21 heavy (non-hydrogen) atoms. The summed E-state index contributed by atoms with van der Waals surface area (Å²) in [5.74, 6) is -1.52. The molecule has 1 aromatic carbocycles. The van der Waals surface area contributed by atoms with Crippen molar-refractivity contribution in [1.29, 1.82) is 0 Å². The minimum absolute atomic E-state index is 0.0215. The molecule has 0 aromatic heterocycles. The molecule has 1 heterocycles. The van der Waals surface area contributed by atoms with Crippen LogP contribution in [0, 0.1) is 5.82 Å². The summed E-state index contributed by atoms with van der Waals surface area (Å²) in [5.41, 5.74) is 5.11. The monoisotopic (exact) mass is 399 g/mol. The van der Waals surface area contributed by atoms with E-state index < -0.39 is 26.6 Å². The van der Waals surface area contributed by atoms with Gasteiger partial charge in [-0.05, 0) is 28.4 Å². The van der Waals surface area contributed by atoms with Crippen LogP contribution in [0.1, 0.15) is 6.42 Å². The van der Waals surface area contributed by atoms with Crippen LogP contribution in [-0.4, -0.2) is 38.3 Å². The highest BCUT2D eigenvalue weighted by atomic mass is 79.9. The lowest BCUT2D eigenvalue weighted by Crippen LogP contribution is -2.37. The fourth-order valence-electron chi connectivity index (χ4n) is 1.91. The smallest absolute Gasteiger partial charge is 0.246 e. The van der Waals surface area contributed by atoms with Crippen LogP contribution in [0.25, 0.3) is 0 Å². The lowest BCUT2D eigenvalue weighted by atomic mass is 10.3. The summed E-state index contributed by atoms with van der Waals surface area (Å²) in [4.78, 5) is 10.8. The highest BCUT2D eigenvalue weighted by molar-refractivity contribution is 9.10. The van der Waals surface area contributed by atoms with Crippen LogP contribution in [0.4, 0.5) is 10.1 Å². The van der Waals surface area contributed by atoms with Crippen molar-refractivity contribution in [1.82, 2.24) is 9.62 Å². The van der Waals surface area contributed by atoms with Gasteiger partial charge in [0.05, 0.1) is 21.7 Å². The Balaban J connectivity index is 2.51. The quantitative estimate of drug-likeness (QED) is 0.579. The molecule has 3 N–H and O–H groups in total. The maximum Gasteiger partial charge on any atom is 0.246 e. The van der Waals surface area contributed by atoms with Gasteiger partial charge in [0.15, 0.2) is 5.82 Å². The van der Waals surface area contributed by atoms with E-state index in [4.69, 9.17) is 17.3 Å². The number of nitrogens with one attached hydrogen (secondary N) is 1. The lowest BCUT2D eigenvalue weighted by Gasteiger charge is -2.20. The predicted octanol–water partition coefficient (Wildman–Crippen LogP) is 1.33. The Kier molecular flexibility index (Phi) is 4.76. The molecule has 0 saturated carbocycles. The second kappa shape index (κ2) is 6.07. The lowest BCUT2D eigenvalue weighted by molar-refractivity contribution is -0.120. The van der Waals surface area contributed by atoms with Crippen molar-refractivity contribution in [2.45, 2.75) is 11.3 Å². The Morgan fingerprint density at radius 3 is 2.81 bits per heavy atom. The molecular weight excluding hydrogens is 389 g/mol. The van der Waals surface area contributed by atoms with Gasteiger partial charge in [-0.1, -0.05) is 11.6 Å². The Morgan fingerprint density at radius 2 is 2.14 bits per heavy atom. The molecule has 116 valence electrons. The topological polar surface area (TPSA) is 92.5 Å². The van der Waals surface area contributed by atoms with Gasteiger partial charge in [0.1, 0.15) is 4.90 Å². The van der Waals surface area contributed by atoms with E-state index >= 15 is 0 Å². The largest absolute Gasteiger partial charge is 0.395 e. The van der Waals surface area contributed by atoms with E-state index in [1.807, 2.05) is 0 Å². The van der Waals surface area contributed by atoms with Crippen molar-refractivity contribution in [3.8, 4) is 0 Å². The SMILES string of the molecule is Nc1c(F)c(S(=O)(=O)N2CCCNC(=O)C2)cc(Cl)c1Br. The second-order valence-corrected chi connectivity index (χ2v) is 7.55. The van der Waals surface area contributed by atoms with Gasteiger partial charge >= 0.3 is 0 Å². The summed E-state index contributed by atoms with van der Waals surface area (Å²) in [6.45, 7) is 0.111. The first kappa shape index (κ1) is 16.5. The Labute approximate surface area is 134 Å². The van der Waals surface area contributed by atoms with Gasteiger partial charge in [0, 0.05) is 13.1 Å². The first-order valence-electron chi connectivity index (χ1n) is 5.95. The fraction of sp³-hybridized carbons (Fsp3) is 0.364. The second-order valence-electron chi connectivity index (χ2n) is 4.44. The average Bonchev–Trinajstić information content (AvgIpc) is 2.65. The number of carbonyl (C=O) groups is 1. The van der Waals surface area contributed by atoms with E-state index in [1.54, 1.807) is 0 Å². The number of hydrogen-bond acceptors (Lipinski definition) is 4. The van der Waals surface area contributed by atoms with Crippen LogP contribution in [-0.2, 0) is 14.8 Å². The fourth-order valence-corrected chi connectivity index (χ4v) is 4.01. The zero-order chi connectivity index (χ0) is 15.8. The molecule has 1 aliphatic rings. The minimum atomic E-state index is -4.20. The molecule has 6 nitrogen and oxygen atoms in total.